The second-order valence-electron chi connectivity index (χ2n) is 5.82. The lowest BCUT2D eigenvalue weighted by molar-refractivity contribution is 0.109. The van der Waals surface area contributed by atoms with Gasteiger partial charge >= 0.3 is 0 Å². The van der Waals surface area contributed by atoms with Gasteiger partial charge in [0.25, 0.3) is 0 Å². The molecule has 0 spiro atoms. The first-order chi connectivity index (χ1) is 10.1. The van der Waals surface area contributed by atoms with Gasteiger partial charge in [0.2, 0.25) is 0 Å². The second kappa shape index (κ2) is 7.34. The minimum absolute atomic E-state index is 0.213. The van der Waals surface area contributed by atoms with Crippen LogP contribution < -0.4 is 4.74 Å². The molecule has 1 saturated heterocycles. The Morgan fingerprint density at radius 1 is 1.33 bits per heavy atom. The minimum Gasteiger partial charge on any atom is -0.507 e. The maximum absolute atomic E-state index is 10.1. The number of piperidine rings is 1. The van der Waals surface area contributed by atoms with Crippen LogP contribution >= 0.6 is 0 Å². The van der Waals surface area contributed by atoms with E-state index in [0.717, 1.165) is 12.0 Å². The molecule has 1 aromatic carbocycles. The van der Waals surface area contributed by atoms with Crippen molar-refractivity contribution < 1.29 is 9.84 Å². The Balaban J connectivity index is 2.06. The number of hydrogen-bond acceptors (Lipinski definition) is 4. The SMILES string of the molecule is CCCOc1ccc(C=NN2C(C)CCCC2C)c(O)c1. The van der Waals surface area contributed by atoms with Crippen LogP contribution in [-0.2, 0) is 0 Å². The number of rotatable bonds is 5. The van der Waals surface area contributed by atoms with Crippen LogP contribution in [0, 0.1) is 0 Å². The zero-order valence-electron chi connectivity index (χ0n) is 13.2. The summed E-state index contributed by atoms with van der Waals surface area (Å²) in [6, 6.07) is 6.29. The maximum atomic E-state index is 10.1. The number of phenols is 1. The van der Waals surface area contributed by atoms with Crippen molar-refractivity contribution in [2.45, 2.75) is 58.5 Å². The summed E-state index contributed by atoms with van der Waals surface area (Å²) in [4.78, 5) is 0. The highest BCUT2D eigenvalue weighted by atomic mass is 16.5. The van der Waals surface area contributed by atoms with Crippen LogP contribution in [0.2, 0.25) is 0 Å². The van der Waals surface area contributed by atoms with Crippen molar-refractivity contribution in [3.05, 3.63) is 23.8 Å². The number of phenolic OH excluding ortho intramolecular Hbond substituents is 1. The zero-order valence-corrected chi connectivity index (χ0v) is 13.2. The van der Waals surface area contributed by atoms with Crippen LogP contribution in [0.15, 0.2) is 23.3 Å². The van der Waals surface area contributed by atoms with E-state index in [4.69, 9.17) is 4.74 Å². The number of aromatic hydroxyl groups is 1. The lowest BCUT2D eigenvalue weighted by Crippen LogP contribution is -2.39. The molecule has 0 amide bonds. The quantitative estimate of drug-likeness (QED) is 0.839. The Morgan fingerprint density at radius 3 is 2.67 bits per heavy atom. The molecule has 0 radical (unpaired) electrons. The molecule has 2 rings (SSSR count). The van der Waals surface area contributed by atoms with Crippen LogP contribution in [0.5, 0.6) is 11.5 Å². The summed E-state index contributed by atoms with van der Waals surface area (Å²) in [5.74, 6) is 0.913. The predicted molar refractivity (Wildman–Crippen MR) is 86.1 cm³/mol. The number of benzene rings is 1. The van der Waals surface area contributed by atoms with E-state index in [2.05, 4.69) is 30.9 Å². The van der Waals surface area contributed by atoms with Crippen molar-refractivity contribution >= 4 is 6.21 Å². The molecule has 1 N–H and O–H groups in total. The molecule has 21 heavy (non-hydrogen) atoms. The van der Waals surface area contributed by atoms with Gasteiger partial charge in [0.15, 0.2) is 0 Å². The molecule has 2 unspecified atom stereocenters. The van der Waals surface area contributed by atoms with Crippen molar-refractivity contribution in [1.29, 1.82) is 0 Å². The molecule has 0 aliphatic carbocycles. The molecule has 0 aromatic heterocycles. The summed E-state index contributed by atoms with van der Waals surface area (Å²) >= 11 is 0. The van der Waals surface area contributed by atoms with Gasteiger partial charge in [0.1, 0.15) is 11.5 Å². The molecule has 1 aliphatic heterocycles. The van der Waals surface area contributed by atoms with E-state index in [1.54, 1.807) is 12.3 Å². The minimum atomic E-state index is 0.213. The fraction of sp³-hybridized carbons (Fsp3) is 0.588. The van der Waals surface area contributed by atoms with Crippen molar-refractivity contribution in [3.8, 4) is 11.5 Å². The number of hydrogen-bond donors (Lipinski definition) is 1. The van der Waals surface area contributed by atoms with Crippen LogP contribution in [-0.4, -0.2) is 35.0 Å². The van der Waals surface area contributed by atoms with Gasteiger partial charge < -0.3 is 9.84 Å². The van der Waals surface area contributed by atoms with Crippen molar-refractivity contribution in [2.75, 3.05) is 6.61 Å². The van der Waals surface area contributed by atoms with Crippen LogP contribution in [0.4, 0.5) is 0 Å². The Morgan fingerprint density at radius 2 is 2.05 bits per heavy atom. The first kappa shape index (κ1) is 15.7. The van der Waals surface area contributed by atoms with Gasteiger partial charge in [0.05, 0.1) is 12.8 Å². The first-order valence-corrected chi connectivity index (χ1v) is 7.90. The molecule has 1 aliphatic rings. The summed E-state index contributed by atoms with van der Waals surface area (Å²) in [5, 5.41) is 16.8. The molecule has 0 saturated carbocycles. The van der Waals surface area contributed by atoms with Gasteiger partial charge in [-0.3, -0.25) is 5.01 Å². The van der Waals surface area contributed by atoms with Crippen LogP contribution in [0.3, 0.4) is 0 Å². The topological polar surface area (TPSA) is 45.1 Å². The molecule has 4 nitrogen and oxygen atoms in total. The van der Waals surface area contributed by atoms with Gasteiger partial charge in [-0.05, 0) is 51.7 Å². The monoisotopic (exact) mass is 290 g/mol. The summed E-state index contributed by atoms with van der Waals surface area (Å²) in [6.45, 7) is 7.13. The van der Waals surface area contributed by atoms with Gasteiger partial charge in [-0.15, -0.1) is 0 Å². The standard InChI is InChI=1S/C17H26N2O2/c1-4-10-21-16-9-8-15(17(20)11-16)12-18-19-13(2)6-5-7-14(19)3/h8-9,11-14,20H,4-7,10H2,1-3H3. The fourth-order valence-electron chi connectivity index (χ4n) is 2.71. The highest BCUT2D eigenvalue weighted by Gasteiger charge is 2.22. The van der Waals surface area contributed by atoms with E-state index in [9.17, 15) is 5.11 Å². The van der Waals surface area contributed by atoms with Gasteiger partial charge in [0, 0.05) is 23.7 Å². The Labute approximate surface area is 127 Å². The molecule has 4 heteroatoms. The summed E-state index contributed by atoms with van der Waals surface area (Å²) in [7, 11) is 0. The van der Waals surface area contributed by atoms with E-state index < -0.39 is 0 Å². The van der Waals surface area contributed by atoms with Crippen LogP contribution in [0.1, 0.15) is 52.0 Å². The van der Waals surface area contributed by atoms with E-state index in [-0.39, 0.29) is 5.75 Å². The van der Waals surface area contributed by atoms with E-state index in [1.165, 1.54) is 19.3 Å². The fourth-order valence-corrected chi connectivity index (χ4v) is 2.71. The normalized spacial score (nSPS) is 22.7. The Kier molecular flexibility index (Phi) is 5.48. The van der Waals surface area contributed by atoms with Gasteiger partial charge in [-0.25, -0.2) is 0 Å². The van der Waals surface area contributed by atoms with Gasteiger partial charge in [-0.2, -0.15) is 5.10 Å². The molecule has 0 bridgehead atoms. The lowest BCUT2D eigenvalue weighted by atomic mass is 10.00. The predicted octanol–water partition coefficient (Wildman–Crippen LogP) is 3.78. The van der Waals surface area contributed by atoms with E-state index in [1.807, 2.05) is 12.1 Å². The third-order valence-corrected chi connectivity index (χ3v) is 3.95. The maximum Gasteiger partial charge on any atom is 0.128 e. The molecule has 116 valence electrons. The molecule has 2 atom stereocenters. The lowest BCUT2D eigenvalue weighted by Gasteiger charge is -2.36. The average molecular weight is 290 g/mol. The molecular weight excluding hydrogens is 264 g/mol. The second-order valence-corrected chi connectivity index (χ2v) is 5.82. The molecule has 1 aromatic rings. The van der Waals surface area contributed by atoms with Crippen molar-refractivity contribution in [1.82, 2.24) is 5.01 Å². The van der Waals surface area contributed by atoms with E-state index >= 15 is 0 Å². The zero-order chi connectivity index (χ0) is 15.2. The molecule has 1 fully saturated rings. The highest BCUT2D eigenvalue weighted by molar-refractivity contribution is 5.83. The average Bonchev–Trinajstić information content (AvgIpc) is 2.46. The van der Waals surface area contributed by atoms with Crippen molar-refractivity contribution in [2.24, 2.45) is 5.10 Å². The summed E-state index contributed by atoms with van der Waals surface area (Å²) in [5.41, 5.74) is 0.726. The first-order valence-electron chi connectivity index (χ1n) is 7.90. The highest BCUT2D eigenvalue weighted by Crippen LogP contribution is 2.25. The van der Waals surface area contributed by atoms with Crippen LogP contribution in [0.25, 0.3) is 0 Å². The smallest absolute Gasteiger partial charge is 0.128 e. The van der Waals surface area contributed by atoms with Crippen molar-refractivity contribution in [3.63, 3.8) is 0 Å². The third-order valence-electron chi connectivity index (χ3n) is 3.95. The largest absolute Gasteiger partial charge is 0.507 e. The van der Waals surface area contributed by atoms with E-state index in [0.29, 0.717) is 24.4 Å². The molecule has 1 heterocycles. The molecular formula is C17H26N2O2. The summed E-state index contributed by atoms with van der Waals surface area (Å²) in [6.07, 6.45) is 6.32. The Hall–Kier alpha value is -1.71. The Bertz CT molecular complexity index is 478. The third kappa shape index (κ3) is 4.13. The summed E-state index contributed by atoms with van der Waals surface area (Å²) < 4.78 is 5.50. The number of hydrazone groups is 1. The number of nitrogens with zero attached hydrogens (tertiary/aromatic N) is 2. The van der Waals surface area contributed by atoms with Gasteiger partial charge in [-0.1, -0.05) is 6.92 Å². The number of ether oxygens (including phenoxy) is 1.